The van der Waals surface area contributed by atoms with Crippen LogP contribution in [0.1, 0.15) is 36.5 Å². The first-order valence-electron chi connectivity index (χ1n) is 12.8. The smallest absolute Gasteiger partial charge is 0.243 e. The van der Waals surface area contributed by atoms with Crippen LogP contribution in [0.5, 0.6) is 0 Å². The van der Waals surface area contributed by atoms with Gasteiger partial charge in [0.2, 0.25) is 10.0 Å². The van der Waals surface area contributed by atoms with E-state index in [0.717, 1.165) is 34.6 Å². The number of hydrogen-bond acceptors (Lipinski definition) is 4. The molecule has 2 heterocycles. The zero-order chi connectivity index (χ0) is 26.0. The van der Waals surface area contributed by atoms with Gasteiger partial charge in [-0.05, 0) is 68.0 Å². The molecule has 0 saturated carbocycles. The molecule has 5 nitrogen and oxygen atoms in total. The van der Waals surface area contributed by atoms with Gasteiger partial charge < -0.3 is 4.57 Å². The van der Waals surface area contributed by atoms with Gasteiger partial charge in [0, 0.05) is 18.5 Å². The Morgan fingerprint density at radius 3 is 2.08 bits per heavy atom. The average molecular weight is 532 g/mol. The highest BCUT2D eigenvalue weighted by Crippen LogP contribution is 2.27. The lowest BCUT2D eigenvalue weighted by Gasteiger charge is -2.29. The van der Waals surface area contributed by atoms with Crippen molar-refractivity contribution in [2.45, 2.75) is 45.1 Å². The van der Waals surface area contributed by atoms with E-state index < -0.39 is 10.0 Å². The minimum absolute atomic E-state index is 0.357. The van der Waals surface area contributed by atoms with Gasteiger partial charge in [-0.1, -0.05) is 66.6 Å². The van der Waals surface area contributed by atoms with Crippen LogP contribution in [0.4, 0.5) is 5.69 Å². The molecule has 37 heavy (non-hydrogen) atoms. The van der Waals surface area contributed by atoms with Crippen LogP contribution in [0, 0.1) is 19.8 Å². The number of nitrogens with zero attached hydrogens (tertiary/aromatic N) is 3. The fourth-order valence-corrected chi connectivity index (χ4v) is 6.98. The summed E-state index contributed by atoms with van der Waals surface area (Å²) in [5, 5.41) is 2.11. The zero-order valence-electron chi connectivity index (χ0n) is 21.6. The van der Waals surface area contributed by atoms with Gasteiger partial charge in [0.25, 0.3) is 0 Å². The molecule has 3 aromatic carbocycles. The van der Waals surface area contributed by atoms with Crippen molar-refractivity contribution in [3.8, 4) is 11.3 Å². The molecule has 0 atom stereocenters. The van der Waals surface area contributed by atoms with Crippen molar-refractivity contribution in [2.24, 2.45) is 10.9 Å². The van der Waals surface area contributed by atoms with E-state index in [4.69, 9.17) is 4.99 Å². The van der Waals surface area contributed by atoms with Crippen LogP contribution in [0.15, 0.2) is 88.1 Å². The van der Waals surface area contributed by atoms with Crippen LogP contribution in [0.25, 0.3) is 11.3 Å². The molecule has 0 unspecified atom stereocenters. The van der Waals surface area contributed by atoms with Gasteiger partial charge in [-0.15, -0.1) is 11.3 Å². The normalized spacial score (nSPS) is 15.8. The summed E-state index contributed by atoms with van der Waals surface area (Å²) in [4.78, 5) is 6.20. The average Bonchev–Trinajstić information content (AvgIpc) is 3.29. The minimum atomic E-state index is -3.48. The van der Waals surface area contributed by atoms with E-state index in [2.05, 4.69) is 67.1 Å². The van der Waals surface area contributed by atoms with Crippen LogP contribution in [-0.2, 0) is 16.6 Å². The van der Waals surface area contributed by atoms with E-state index in [9.17, 15) is 8.42 Å². The van der Waals surface area contributed by atoms with E-state index in [1.54, 1.807) is 27.8 Å². The summed E-state index contributed by atoms with van der Waals surface area (Å²) in [6.07, 6.45) is 1.83. The Kier molecular flexibility index (Phi) is 7.47. The quantitative estimate of drug-likeness (QED) is 0.284. The first kappa shape index (κ1) is 25.6. The monoisotopic (exact) mass is 531 g/mol. The molecule has 0 spiro atoms. The van der Waals surface area contributed by atoms with E-state index >= 15 is 0 Å². The summed E-state index contributed by atoms with van der Waals surface area (Å²) in [5.74, 6) is 0.580. The van der Waals surface area contributed by atoms with Gasteiger partial charge in [-0.25, -0.2) is 13.4 Å². The summed E-state index contributed by atoms with van der Waals surface area (Å²) in [6, 6.07) is 24.1. The first-order valence-corrected chi connectivity index (χ1v) is 15.1. The van der Waals surface area contributed by atoms with E-state index in [1.807, 2.05) is 24.3 Å². The maximum Gasteiger partial charge on any atom is 0.243 e. The second kappa shape index (κ2) is 10.8. The van der Waals surface area contributed by atoms with Gasteiger partial charge in [0.15, 0.2) is 4.80 Å². The molecule has 0 amide bonds. The number of aromatic nitrogens is 1. The molecule has 192 valence electrons. The topological polar surface area (TPSA) is 54.7 Å². The Labute approximate surface area is 223 Å². The summed E-state index contributed by atoms with van der Waals surface area (Å²) in [6.45, 7) is 8.21. The second-order valence-electron chi connectivity index (χ2n) is 10.0. The molecule has 1 aliphatic heterocycles. The predicted octanol–water partition coefficient (Wildman–Crippen LogP) is 6.53. The molecular weight excluding hydrogens is 498 g/mol. The molecule has 1 aliphatic rings. The maximum atomic E-state index is 13.2. The lowest BCUT2D eigenvalue weighted by molar-refractivity contribution is 0.288. The number of rotatable bonds is 6. The van der Waals surface area contributed by atoms with Crippen molar-refractivity contribution in [1.82, 2.24) is 8.87 Å². The fraction of sp³-hybridized carbons (Fsp3) is 0.300. The van der Waals surface area contributed by atoms with Crippen LogP contribution in [-0.4, -0.2) is 30.4 Å². The number of aryl methyl sites for hydroxylation is 2. The minimum Gasteiger partial charge on any atom is -0.312 e. The molecule has 1 fully saturated rings. The van der Waals surface area contributed by atoms with Crippen LogP contribution in [0.2, 0.25) is 0 Å². The molecule has 7 heteroatoms. The van der Waals surface area contributed by atoms with Crippen molar-refractivity contribution in [2.75, 3.05) is 13.1 Å². The van der Waals surface area contributed by atoms with Gasteiger partial charge >= 0.3 is 0 Å². The first-order chi connectivity index (χ1) is 17.8. The number of benzene rings is 3. The molecule has 0 bridgehead atoms. The standard InChI is InChI=1S/C30H33N3O2S2/c1-22-4-8-25(9-5-22)20-33-29(21-36-30(33)31-27-12-6-23(2)7-13-27)26-10-14-28(15-11-26)37(34,35)32-18-16-24(3)17-19-32/h4-15,21,24H,16-20H2,1-3H3. The molecule has 1 saturated heterocycles. The largest absolute Gasteiger partial charge is 0.312 e. The Morgan fingerprint density at radius 1 is 0.865 bits per heavy atom. The van der Waals surface area contributed by atoms with Crippen LogP contribution >= 0.6 is 11.3 Å². The van der Waals surface area contributed by atoms with Crippen molar-refractivity contribution in [3.63, 3.8) is 0 Å². The Morgan fingerprint density at radius 2 is 1.46 bits per heavy atom. The van der Waals surface area contributed by atoms with Crippen molar-refractivity contribution >= 4 is 27.0 Å². The molecule has 0 aliphatic carbocycles. The number of piperidine rings is 1. The van der Waals surface area contributed by atoms with Crippen LogP contribution in [0.3, 0.4) is 0 Å². The Balaban J connectivity index is 1.51. The molecule has 0 N–H and O–H groups in total. The maximum absolute atomic E-state index is 13.2. The zero-order valence-corrected chi connectivity index (χ0v) is 23.2. The molecule has 4 aromatic rings. The highest BCUT2D eigenvalue weighted by molar-refractivity contribution is 7.89. The predicted molar refractivity (Wildman–Crippen MR) is 152 cm³/mol. The molecular formula is C30H33N3O2S2. The van der Waals surface area contributed by atoms with Gasteiger partial charge in [0.05, 0.1) is 22.8 Å². The lowest BCUT2D eigenvalue weighted by Crippen LogP contribution is -2.37. The van der Waals surface area contributed by atoms with E-state index in [-0.39, 0.29) is 0 Å². The summed E-state index contributed by atoms with van der Waals surface area (Å²) >= 11 is 1.59. The lowest BCUT2D eigenvalue weighted by atomic mass is 10.0. The van der Waals surface area contributed by atoms with E-state index in [1.165, 1.54) is 16.7 Å². The summed E-state index contributed by atoms with van der Waals surface area (Å²) in [7, 11) is -3.48. The highest BCUT2D eigenvalue weighted by atomic mass is 32.2. The third-order valence-corrected chi connectivity index (χ3v) is 9.82. The van der Waals surface area contributed by atoms with Crippen molar-refractivity contribution in [3.05, 3.63) is 99.7 Å². The van der Waals surface area contributed by atoms with Gasteiger partial charge in [0.1, 0.15) is 0 Å². The third-order valence-electron chi connectivity index (χ3n) is 7.05. The molecule has 0 radical (unpaired) electrons. The second-order valence-corrected chi connectivity index (χ2v) is 12.8. The molecule has 1 aromatic heterocycles. The Bertz CT molecular complexity index is 1520. The van der Waals surface area contributed by atoms with Crippen LogP contribution < -0.4 is 4.80 Å². The van der Waals surface area contributed by atoms with E-state index in [0.29, 0.717) is 30.4 Å². The summed E-state index contributed by atoms with van der Waals surface area (Å²) in [5.41, 5.74) is 6.52. The van der Waals surface area contributed by atoms with Crippen molar-refractivity contribution in [1.29, 1.82) is 0 Å². The SMILES string of the molecule is Cc1ccc(Cn2c(-c3ccc(S(=O)(=O)N4CCC(C)CC4)cc3)csc2=Nc2ccc(C)cc2)cc1. The van der Waals surface area contributed by atoms with Gasteiger partial charge in [-0.2, -0.15) is 4.31 Å². The fourth-order valence-electron chi connectivity index (χ4n) is 4.58. The number of thiazole rings is 1. The van der Waals surface area contributed by atoms with Crippen molar-refractivity contribution < 1.29 is 8.42 Å². The number of sulfonamides is 1. The number of hydrogen-bond donors (Lipinski definition) is 0. The Hall–Kier alpha value is -3.00. The highest BCUT2D eigenvalue weighted by Gasteiger charge is 2.28. The molecule has 5 rings (SSSR count). The van der Waals surface area contributed by atoms with Gasteiger partial charge in [-0.3, -0.25) is 0 Å². The summed E-state index contributed by atoms with van der Waals surface area (Å²) < 4.78 is 30.3. The third kappa shape index (κ3) is 5.79.